The number of benzene rings is 1. The molecule has 2 N–H and O–H groups in total. The van der Waals surface area contributed by atoms with E-state index in [0.29, 0.717) is 11.0 Å². The van der Waals surface area contributed by atoms with Crippen LogP contribution < -0.4 is 10.6 Å². The Morgan fingerprint density at radius 3 is 2.75 bits per heavy atom. The molecule has 1 aromatic carbocycles. The number of ether oxygens (including phenoxy) is 1. The van der Waals surface area contributed by atoms with Crippen molar-refractivity contribution in [2.45, 2.75) is 52.9 Å². The Labute approximate surface area is 157 Å². The Hall–Kier alpha value is -0.840. The molecule has 0 bridgehead atoms. The minimum absolute atomic E-state index is 0.634. The number of nitrogens with one attached hydrogen (secondary N) is 2. The smallest absolute Gasteiger partial charge is 0.170 e. The Morgan fingerprint density at radius 2 is 2.08 bits per heavy atom. The van der Waals surface area contributed by atoms with E-state index < -0.39 is 0 Å². The number of unbranched alkanes of at least 4 members (excludes halogenated alkanes) is 1. The van der Waals surface area contributed by atoms with Crippen molar-refractivity contribution in [3.8, 4) is 0 Å². The highest BCUT2D eigenvalue weighted by atomic mass is 35.5. The predicted octanol–water partition coefficient (Wildman–Crippen LogP) is 5.56. The maximum atomic E-state index is 5.96. The van der Waals surface area contributed by atoms with Gasteiger partial charge in [0.2, 0.25) is 0 Å². The van der Waals surface area contributed by atoms with Gasteiger partial charge in [-0.1, -0.05) is 44.7 Å². The summed E-state index contributed by atoms with van der Waals surface area (Å²) in [6.07, 6.45) is 5.99. The van der Waals surface area contributed by atoms with Crippen LogP contribution in [0.5, 0.6) is 0 Å². The third-order valence-corrected chi connectivity index (χ3v) is 4.57. The molecule has 1 atom stereocenters. The Bertz CT molecular complexity index is 496. The Morgan fingerprint density at radius 1 is 1.29 bits per heavy atom. The molecule has 1 unspecified atom stereocenters. The molecule has 24 heavy (non-hydrogen) atoms. The van der Waals surface area contributed by atoms with Gasteiger partial charge in [0.1, 0.15) is 0 Å². The van der Waals surface area contributed by atoms with Gasteiger partial charge >= 0.3 is 0 Å². The quantitative estimate of drug-likeness (QED) is 0.394. The first-order valence-corrected chi connectivity index (χ1v) is 9.74. The van der Waals surface area contributed by atoms with Gasteiger partial charge in [0.15, 0.2) is 5.11 Å². The minimum Gasteiger partial charge on any atom is -0.381 e. The van der Waals surface area contributed by atoms with Crippen LogP contribution in [0.15, 0.2) is 18.2 Å². The standard InChI is InChI=1S/C19H31ClN2OS/c1-4-6-8-16(5-2)14-23-12-7-11-21-19(24)22-18-10-9-17(20)13-15(18)3/h9-10,13,16H,4-8,11-12,14H2,1-3H3,(H2,21,22,24). The van der Waals surface area contributed by atoms with Crippen LogP contribution in [0.1, 0.15) is 51.5 Å². The van der Waals surface area contributed by atoms with E-state index in [1.165, 1.54) is 25.7 Å². The van der Waals surface area contributed by atoms with Gasteiger partial charge in [-0.2, -0.15) is 0 Å². The molecule has 136 valence electrons. The first-order chi connectivity index (χ1) is 11.6. The van der Waals surface area contributed by atoms with Gasteiger partial charge in [-0.05, 0) is 61.7 Å². The van der Waals surface area contributed by atoms with Gasteiger partial charge in [-0.15, -0.1) is 0 Å². The molecule has 5 heteroatoms. The first-order valence-electron chi connectivity index (χ1n) is 8.95. The first kappa shape index (κ1) is 21.2. The van der Waals surface area contributed by atoms with Crippen LogP contribution in [0.2, 0.25) is 5.02 Å². The Balaban J connectivity index is 2.13. The lowest BCUT2D eigenvalue weighted by molar-refractivity contribution is 0.0928. The fourth-order valence-corrected chi connectivity index (χ4v) is 2.90. The van der Waals surface area contributed by atoms with E-state index in [0.717, 1.165) is 42.5 Å². The number of anilines is 1. The normalized spacial score (nSPS) is 12.0. The summed E-state index contributed by atoms with van der Waals surface area (Å²) >= 11 is 11.3. The summed E-state index contributed by atoms with van der Waals surface area (Å²) in [5.74, 6) is 0.702. The van der Waals surface area contributed by atoms with E-state index in [4.69, 9.17) is 28.6 Å². The topological polar surface area (TPSA) is 33.3 Å². The van der Waals surface area contributed by atoms with E-state index in [-0.39, 0.29) is 0 Å². The van der Waals surface area contributed by atoms with Gasteiger partial charge in [0, 0.05) is 30.5 Å². The van der Waals surface area contributed by atoms with Crippen LogP contribution >= 0.6 is 23.8 Å². The van der Waals surface area contributed by atoms with Crippen molar-refractivity contribution >= 4 is 34.6 Å². The lowest BCUT2D eigenvalue weighted by Gasteiger charge is -2.15. The summed E-state index contributed by atoms with van der Waals surface area (Å²) in [5, 5.41) is 7.79. The lowest BCUT2D eigenvalue weighted by atomic mass is 10.0. The van der Waals surface area contributed by atoms with Crippen molar-refractivity contribution in [3.05, 3.63) is 28.8 Å². The number of hydrogen-bond acceptors (Lipinski definition) is 2. The van der Waals surface area contributed by atoms with Crippen molar-refractivity contribution in [2.75, 3.05) is 25.1 Å². The fourth-order valence-electron chi connectivity index (χ4n) is 2.46. The highest BCUT2D eigenvalue weighted by molar-refractivity contribution is 7.80. The van der Waals surface area contributed by atoms with Gasteiger partial charge in [-0.3, -0.25) is 0 Å². The molecule has 1 rings (SSSR count). The summed E-state index contributed by atoms with van der Waals surface area (Å²) in [6, 6.07) is 5.72. The van der Waals surface area contributed by atoms with Crippen LogP contribution in [-0.4, -0.2) is 24.9 Å². The number of rotatable bonds is 11. The third-order valence-electron chi connectivity index (χ3n) is 4.08. The number of thiocarbonyl (C=S) groups is 1. The van der Waals surface area contributed by atoms with E-state index in [2.05, 4.69) is 24.5 Å². The molecule has 0 radical (unpaired) electrons. The molecule has 0 aromatic heterocycles. The second kappa shape index (κ2) is 12.5. The van der Waals surface area contributed by atoms with Crippen molar-refractivity contribution in [1.82, 2.24) is 5.32 Å². The van der Waals surface area contributed by atoms with E-state index in [9.17, 15) is 0 Å². The number of halogens is 1. The van der Waals surface area contributed by atoms with Gasteiger partial charge in [-0.25, -0.2) is 0 Å². The summed E-state index contributed by atoms with van der Waals surface area (Å²) in [5.41, 5.74) is 2.06. The molecule has 0 aliphatic rings. The van der Waals surface area contributed by atoms with Gasteiger partial charge in [0.05, 0.1) is 0 Å². The van der Waals surface area contributed by atoms with Crippen LogP contribution in [-0.2, 0) is 4.74 Å². The van der Waals surface area contributed by atoms with Crippen molar-refractivity contribution < 1.29 is 4.74 Å². The molecule has 0 amide bonds. The van der Waals surface area contributed by atoms with Gasteiger partial charge < -0.3 is 15.4 Å². The maximum Gasteiger partial charge on any atom is 0.170 e. The zero-order chi connectivity index (χ0) is 17.8. The largest absolute Gasteiger partial charge is 0.381 e. The average molecular weight is 371 g/mol. The lowest BCUT2D eigenvalue weighted by Crippen LogP contribution is -2.30. The summed E-state index contributed by atoms with van der Waals surface area (Å²) in [6.45, 7) is 8.95. The molecule has 0 aliphatic heterocycles. The predicted molar refractivity (Wildman–Crippen MR) is 109 cm³/mol. The van der Waals surface area contributed by atoms with Crippen LogP contribution in [0.25, 0.3) is 0 Å². The monoisotopic (exact) mass is 370 g/mol. The number of hydrogen-bond donors (Lipinski definition) is 2. The SMILES string of the molecule is CCCCC(CC)COCCCNC(=S)Nc1ccc(Cl)cc1C. The fraction of sp³-hybridized carbons (Fsp3) is 0.632. The van der Waals surface area contributed by atoms with Crippen LogP contribution in [0.4, 0.5) is 5.69 Å². The molecule has 0 heterocycles. The van der Waals surface area contributed by atoms with Crippen molar-refractivity contribution in [1.29, 1.82) is 0 Å². The summed E-state index contributed by atoms with van der Waals surface area (Å²) in [7, 11) is 0. The zero-order valence-corrected chi connectivity index (χ0v) is 16.7. The van der Waals surface area contributed by atoms with Crippen LogP contribution in [0.3, 0.4) is 0 Å². The molecule has 1 aromatic rings. The molecular weight excluding hydrogens is 340 g/mol. The van der Waals surface area contributed by atoms with E-state index >= 15 is 0 Å². The summed E-state index contributed by atoms with van der Waals surface area (Å²) in [4.78, 5) is 0. The van der Waals surface area contributed by atoms with Crippen molar-refractivity contribution in [2.24, 2.45) is 5.92 Å². The van der Waals surface area contributed by atoms with Crippen molar-refractivity contribution in [3.63, 3.8) is 0 Å². The average Bonchev–Trinajstić information content (AvgIpc) is 2.56. The molecule has 0 saturated heterocycles. The third kappa shape index (κ3) is 8.86. The molecule has 3 nitrogen and oxygen atoms in total. The molecule has 0 fully saturated rings. The highest BCUT2D eigenvalue weighted by Gasteiger charge is 2.06. The zero-order valence-electron chi connectivity index (χ0n) is 15.2. The molecule has 0 saturated carbocycles. The van der Waals surface area contributed by atoms with Gasteiger partial charge in [0.25, 0.3) is 0 Å². The highest BCUT2D eigenvalue weighted by Crippen LogP contribution is 2.19. The second-order valence-electron chi connectivity index (χ2n) is 6.19. The maximum absolute atomic E-state index is 5.96. The Kier molecular flexibility index (Phi) is 11.1. The van der Waals surface area contributed by atoms with E-state index in [1.807, 2.05) is 25.1 Å². The molecule has 0 aliphatic carbocycles. The minimum atomic E-state index is 0.634. The molecule has 0 spiro atoms. The number of aryl methyl sites for hydroxylation is 1. The second-order valence-corrected chi connectivity index (χ2v) is 7.03. The summed E-state index contributed by atoms with van der Waals surface area (Å²) < 4.78 is 5.80. The van der Waals surface area contributed by atoms with E-state index in [1.54, 1.807) is 0 Å². The molecular formula is C19H31ClN2OS. The van der Waals surface area contributed by atoms with Crippen LogP contribution in [0, 0.1) is 12.8 Å².